The van der Waals surface area contributed by atoms with Crippen LogP contribution in [-0.4, -0.2) is 30.5 Å². The van der Waals surface area contributed by atoms with Crippen molar-refractivity contribution in [2.75, 3.05) is 13.2 Å². The van der Waals surface area contributed by atoms with Gasteiger partial charge in [0.05, 0.1) is 24.9 Å². The molecule has 3 aliphatic rings. The molecule has 2 bridgehead atoms. The molecule has 2 saturated heterocycles. The van der Waals surface area contributed by atoms with Crippen molar-refractivity contribution in [3.63, 3.8) is 0 Å². The van der Waals surface area contributed by atoms with E-state index in [1.807, 2.05) is 12.1 Å². The van der Waals surface area contributed by atoms with Crippen molar-refractivity contribution in [2.24, 2.45) is 11.1 Å². The molecular weight excluding hydrogens is 254 g/mol. The maximum Gasteiger partial charge on any atom is 0.122 e. The number of rotatable bonds is 3. The second-order valence-corrected chi connectivity index (χ2v) is 6.33. The van der Waals surface area contributed by atoms with E-state index in [0.717, 1.165) is 43.6 Å². The van der Waals surface area contributed by atoms with Gasteiger partial charge in [0.2, 0.25) is 0 Å². The number of ether oxygens (including phenoxy) is 2. The Morgan fingerprint density at radius 2 is 2.30 bits per heavy atom. The first-order chi connectivity index (χ1) is 9.73. The molecule has 20 heavy (non-hydrogen) atoms. The third-order valence-corrected chi connectivity index (χ3v) is 5.31. The molecule has 4 heteroatoms. The van der Waals surface area contributed by atoms with Crippen molar-refractivity contribution in [3.8, 4) is 5.75 Å². The van der Waals surface area contributed by atoms with Crippen molar-refractivity contribution in [1.29, 1.82) is 0 Å². The Morgan fingerprint density at radius 1 is 1.40 bits per heavy atom. The normalized spacial score (nSPS) is 35.9. The van der Waals surface area contributed by atoms with E-state index in [1.165, 1.54) is 5.56 Å². The molecule has 4 atom stereocenters. The minimum absolute atomic E-state index is 0.108. The van der Waals surface area contributed by atoms with Gasteiger partial charge in [-0.25, -0.2) is 0 Å². The van der Waals surface area contributed by atoms with Gasteiger partial charge in [-0.05, 0) is 42.5 Å². The summed E-state index contributed by atoms with van der Waals surface area (Å²) in [4.78, 5) is 0. The van der Waals surface area contributed by atoms with Gasteiger partial charge in [0.15, 0.2) is 0 Å². The van der Waals surface area contributed by atoms with Gasteiger partial charge in [0.1, 0.15) is 5.75 Å². The maximum atomic E-state index is 10.9. The Labute approximate surface area is 118 Å². The van der Waals surface area contributed by atoms with E-state index in [-0.39, 0.29) is 17.6 Å². The Balaban J connectivity index is 1.67. The molecular formula is C16H21NO3. The van der Waals surface area contributed by atoms with E-state index >= 15 is 0 Å². The summed E-state index contributed by atoms with van der Waals surface area (Å²) in [6.07, 6.45) is 3.78. The molecule has 108 valence electrons. The van der Waals surface area contributed by atoms with Gasteiger partial charge in [-0.15, -0.1) is 0 Å². The number of nitrogens with two attached hydrogens (primary N) is 1. The number of aliphatic hydroxyl groups excluding tert-OH is 1. The fourth-order valence-electron chi connectivity index (χ4n) is 4.16. The first kappa shape index (κ1) is 12.6. The molecule has 1 aromatic carbocycles. The molecule has 4 unspecified atom stereocenters. The molecule has 0 saturated carbocycles. The number of hydrogen-bond donors (Lipinski definition) is 2. The summed E-state index contributed by atoms with van der Waals surface area (Å²) >= 11 is 0. The number of benzene rings is 1. The standard InChI is InChI=1S/C16H21NO3/c17-9-16(8-12-2-4-14(16)20-12)15(18)11-1-3-13-10(7-11)5-6-19-13/h1,3,7,12,14-15,18H,2,4-6,8-9,17H2. The number of aliphatic hydroxyl groups is 1. The lowest BCUT2D eigenvalue weighted by atomic mass is 9.68. The van der Waals surface area contributed by atoms with Gasteiger partial charge in [-0.1, -0.05) is 6.07 Å². The van der Waals surface area contributed by atoms with Crippen molar-refractivity contribution >= 4 is 0 Å². The summed E-state index contributed by atoms with van der Waals surface area (Å²) in [5.41, 5.74) is 7.88. The fourth-order valence-corrected chi connectivity index (χ4v) is 4.16. The van der Waals surface area contributed by atoms with Crippen LogP contribution in [0.3, 0.4) is 0 Å². The largest absolute Gasteiger partial charge is 0.493 e. The topological polar surface area (TPSA) is 64.7 Å². The number of fused-ring (bicyclic) bond motifs is 3. The molecule has 4 rings (SSSR count). The summed E-state index contributed by atoms with van der Waals surface area (Å²) in [5, 5.41) is 10.9. The highest BCUT2D eigenvalue weighted by Gasteiger charge is 2.55. The third kappa shape index (κ3) is 1.65. The van der Waals surface area contributed by atoms with E-state index in [4.69, 9.17) is 15.2 Å². The molecule has 4 nitrogen and oxygen atoms in total. The van der Waals surface area contributed by atoms with Crippen molar-refractivity contribution in [3.05, 3.63) is 29.3 Å². The zero-order chi connectivity index (χ0) is 13.7. The lowest BCUT2D eigenvalue weighted by Gasteiger charge is -2.38. The second kappa shape index (κ2) is 4.45. The predicted molar refractivity (Wildman–Crippen MR) is 74.6 cm³/mol. The quantitative estimate of drug-likeness (QED) is 0.878. The zero-order valence-electron chi connectivity index (χ0n) is 11.5. The highest BCUT2D eigenvalue weighted by molar-refractivity contribution is 5.41. The van der Waals surface area contributed by atoms with E-state index < -0.39 is 6.10 Å². The molecule has 0 amide bonds. The lowest BCUT2D eigenvalue weighted by Crippen LogP contribution is -2.44. The van der Waals surface area contributed by atoms with Crippen LogP contribution < -0.4 is 10.5 Å². The molecule has 1 aromatic rings. The van der Waals surface area contributed by atoms with Gasteiger partial charge in [0, 0.05) is 18.4 Å². The van der Waals surface area contributed by atoms with Crippen molar-refractivity contribution < 1.29 is 14.6 Å². The first-order valence-corrected chi connectivity index (χ1v) is 7.52. The second-order valence-electron chi connectivity index (χ2n) is 6.33. The summed E-state index contributed by atoms with van der Waals surface area (Å²) in [7, 11) is 0. The van der Waals surface area contributed by atoms with Crippen molar-refractivity contribution in [2.45, 2.75) is 44.0 Å². The molecule has 0 radical (unpaired) electrons. The molecule has 0 aliphatic carbocycles. The number of hydrogen-bond acceptors (Lipinski definition) is 4. The van der Waals surface area contributed by atoms with E-state index in [9.17, 15) is 5.11 Å². The Bertz CT molecular complexity index is 532. The predicted octanol–water partition coefficient (Wildman–Crippen LogP) is 1.55. The zero-order valence-corrected chi connectivity index (χ0v) is 11.5. The summed E-state index contributed by atoms with van der Waals surface area (Å²) in [5.74, 6) is 0.951. The van der Waals surface area contributed by atoms with Gasteiger partial charge < -0.3 is 20.3 Å². The van der Waals surface area contributed by atoms with E-state index in [1.54, 1.807) is 0 Å². The highest BCUT2D eigenvalue weighted by Crippen LogP contribution is 2.53. The fraction of sp³-hybridized carbons (Fsp3) is 0.625. The smallest absolute Gasteiger partial charge is 0.122 e. The van der Waals surface area contributed by atoms with Crippen molar-refractivity contribution in [1.82, 2.24) is 0 Å². The summed E-state index contributed by atoms with van der Waals surface area (Å²) in [6.45, 7) is 1.22. The van der Waals surface area contributed by atoms with Crippen LogP contribution in [0.5, 0.6) is 5.75 Å². The molecule has 3 N–H and O–H groups in total. The Kier molecular flexibility index (Phi) is 2.81. The van der Waals surface area contributed by atoms with Gasteiger partial charge in [-0.2, -0.15) is 0 Å². The Morgan fingerprint density at radius 3 is 3.00 bits per heavy atom. The van der Waals surface area contributed by atoms with Crippen LogP contribution in [0.4, 0.5) is 0 Å². The molecule has 0 spiro atoms. The summed E-state index contributed by atoms with van der Waals surface area (Å²) < 4.78 is 11.5. The van der Waals surface area contributed by atoms with Gasteiger partial charge in [-0.3, -0.25) is 0 Å². The SMILES string of the molecule is NCC1(C(O)c2ccc3c(c2)CCO3)CC2CCC1O2. The van der Waals surface area contributed by atoms with Gasteiger partial charge >= 0.3 is 0 Å². The van der Waals surface area contributed by atoms with Crippen LogP contribution >= 0.6 is 0 Å². The first-order valence-electron chi connectivity index (χ1n) is 7.52. The van der Waals surface area contributed by atoms with Crippen LogP contribution in [0.25, 0.3) is 0 Å². The average molecular weight is 275 g/mol. The molecule has 0 aromatic heterocycles. The van der Waals surface area contributed by atoms with Crippen LogP contribution in [0.2, 0.25) is 0 Å². The van der Waals surface area contributed by atoms with Crippen LogP contribution in [0.15, 0.2) is 18.2 Å². The minimum atomic E-state index is -0.548. The maximum absolute atomic E-state index is 10.9. The van der Waals surface area contributed by atoms with Crippen LogP contribution in [-0.2, 0) is 11.2 Å². The molecule has 2 fully saturated rings. The molecule has 3 heterocycles. The van der Waals surface area contributed by atoms with Gasteiger partial charge in [0.25, 0.3) is 0 Å². The van der Waals surface area contributed by atoms with E-state index in [2.05, 4.69) is 6.07 Å². The lowest BCUT2D eigenvalue weighted by molar-refractivity contribution is -0.0264. The third-order valence-electron chi connectivity index (χ3n) is 5.31. The minimum Gasteiger partial charge on any atom is -0.493 e. The van der Waals surface area contributed by atoms with E-state index in [0.29, 0.717) is 6.54 Å². The molecule has 3 aliphatic heterocycles. The van der Waals surface area contributed by atoms with Crippen LogP contribution in [0, 0.1) is 5.41 Å². The monoisotopic (exact) mass is 275 g/mol. The Hall–Kier alpha value is -1.10. The summed E-state index contributed by atoms with van der Waals surface area (Å²) in [6, 6.07) is 6.02. The highest BCUT2D eigenvalue weighted by atomic mass is 16.5. The van der Waals surface area contributed by atoms with Crippen LogP contribution in [0.1, 0.15) is 36.5 Å². The average Bonchev–Trinajstić information content (AvgIpc) is 3.20.